The summed E-state index contributed by atoms with van der Waals surface area (Å²) in [4.78, 5) is 4.12. The maximum absolute atomic E-state index is 6.74. The SMILES string of the molecule is Clc1cc(-c2ccccc2)c(C(c2ccccc2)n2cncn2)c(Cl)c1Cl. The number of hydrogen-bond donors (Lipinski definition) is 0. The summed E-state index contributed by atoms with van der Waals surface area (Å²) in [6.45, 7) is 0. The van der Waals surface area contributed by atoms with Crippen molar-refractivity contribution in [3.63, 3.8) is 0 Å². The second-order valence-corrected chi connectivity index (χ2v) is 7.17. The van der Waals surface area contributed by atoms with E-state index in [2.05, 4.69) is 10.1 Å². The maximum atomic E-state index is 6.74. The molecule has 4 rings (SSSR count). The number of benzene rings is 3. The summed E-state index contributed by atoms with van der Waals surface area (Å²) < 4.78 is 1.77. The van der Waals surface area contributed by atoms with E-state index in [4.69, 9.17) is 34.8 Å². The zero-order valence-corrected chi connectivity index (χ0v) is 16.3. The lowest BCUT2D eigenvalue weighted by Crippen LogP contribution is -2.15. The molecule has 6 heteroatoms. The predicted molar refractivity (Wildman–Crippen MR) is 111 cm³/mol. The van der Waals surface area contributed by atoms with Crippen LogP contribution in [-0.2, 0) is 0 Å². The van der Waals surface area contributed by atoms with E-state index in [1.807, 2.05) is 66.7 Å². The Morgan fingerprint density at radius 2 is 1.48 bits per heavy atom. The summed E-state index contributed by atoms with van der Waals surface area (Å²) in [5.74, 6) is 0. The predicted octanol–water partition coefficient (Wildman–Crippen LogP) is 6.54. The van der Waals surface area contributed by atoms with E-state index in [1.165, 1.54) is 6.33 Å². The zero-order valence-electron chi connectivity index (χ0n) is 14.1. The van der Waals surface area contributed by atoms with Crippen LogP contribution in [-0.4, -0.2) is 14.8 Å². The van der Waals surface area contributed by atoms with E-state index < -0.39 is 0 Å². The number of rotatable bonds is 4. The van der Waals surface area contributed by atoms with Crippen molar-refractivity contribution in [2.45, 2.75) is 6.04 Å². The molecule has 0 radical (unpaired) electrons. The van der Waals surface area contributed by atoms with Gasteiger partial charge in [-0.05, 0) is 22.8 Å². The first kappa shape index (κ1) is 18.1. The smallest absolute Gasteiger partial charge is 0.137 e. The molecule has 0 bridgehead atoms. The summed E-state index contributed by atoms with van der Waals surface area (Å²) in [6, 6.07) is 21.5. The van der Waals surface area contributed by atoms with Crippen molar-refractivity contribution in [2.75, 3.05) is 0 Å². The van der Waals surface area contributed by atoms with Crippen LogP contribution in [0.15, 0.2) is 79.4 Å². The van der Waals surface area contributed by atoms with Gasteiger partial charge >= 0.3 is 0 Å². The molecule has 0 aliphatic carbocycles. The molecule has 134 valence electrons. The van der Waals surface area contributed by atoms with Crippen molar-refractivity contribution in [3.8, 4) is 11.1 Å². The monoisotopic (exact) mass is 413 g/mol. The average Bonchev–Trinajstić information content (AvgIpc) is 3.24. The van der Waals surface area contributed by atoms with Crippen LogP contribution in [0.2, 0.25) is 15.1 Å². The van der Waals surface area contributed by atoms with Crippen LogP contribution in [0, 0.1) is 0 Å². The van der Waals surface area contributed by atoms with E-state index in [1.54, 1.807) is 11.0 Å². The quantitative estimate of drug-likeness (QED) is 0.355. The van der Waals surface area contributed by atoms with Gasteiger partial charge in [0.2, 0.25) is 0 Å². The van der Waals surface area contributed by atoms with Crippen LogP contribution in [0.1, 0.15) is 17.2 Å². The maximum Gasteiger partial charge on any atom is 0.137 e. The van der Waals surface area contributed by atoms with E-state index in [9.17, 15) is 0 Å². The van der Waals surface area contributed by atoms with E-state index in [0.717, 1.165) is 22.3 Å². The van der Waals surface area contributed by atoms with Crippen LogP contribution in [0.3, 0.4) is 0 Å². The number of nitrogens with zero attached hydrogens (tertiary/aromatic N) is 3. The van der Waals surface area contributed by atoms with Crippen molar-refractivity contribution in [1.29, 1.82) is 0 Å². The molecule has 0 spiro atoms. The molecule has 4 aromatic rings. The van der Waals surface area contributed by atoms with Gasteiger partial charge in [0.05, 0.1) is 15.1 Å². The Labute approximate surface area is 172 Å². The Hall–Kier alpha value is -2.33. The summed E-state index contributed by atoms with van der Waals surface area (Å²) in [5, 5.41) is 5.52. The van der Waals surface area contributed by atoms with Crippen LogP contribution in [0.4, 0.5) is 0 Å². The lowest BCUT2D eigenvalue weighted by molar-refractivity contribution is 0.595. The fraction of sp³-hybridized carbons (Fsp3) is 0.0476. The lowest BCUT2D eigenvalue weighted by atomic mass is 9.91. The van der Waals surface area contributed by atoms with Gasteiger partial charge in [-0.25, -0.2) is 9.67 Å². The van der Waals surface area contributed by atoms with Crippen LogP contribution in [0.25, 0.3) is 11.1 Å². The third-order valence-corrected chi connectivity index (χ3v) is 5.65. The number of hydrogen-bond acceptors (Lipinski definition) is 2. The first-order chi connectivity index (χ1) is 13.2. The van der Waals surface area contributed by atoms with Gasteiger partial charge in [-0.3, -0.25) is 0 Å². The third-order valence-electron chi connectivity index (χ3n) is 4.37. The van der Waals surface area contributed by atoms with Crippen molar-refractivity contribution in [1.82, 2.24) is 14.8 Å². The topological polar surface area (TPSA) is 30.7 Å². The first-order valence-corrected chi connectivity index (χ1v) is 9.42. The van der Waals surface area contributed by atoms with Gasteiger partial charge in [0.1, 0.15) is 18.7 Å². The highest BCUT2D eigenvalue weighted by atomic mass is 35.5. The highest BCUT2D eigenvalue weighted by molar-refractivity contribution is 6.48. The molecule has 1 unspecified atom stereocenters. The minimum absolute atomic E-state index is 0.300. The highest BCUT2D eigenvalue weighted by Gasteiger charge is 2.26. The van der Waals surface area contributed by atoms with Crippen molar-refractivity contribution >= 4 is 34.8 Å². The van der Waals surface area contributed by atoms with Gasteiger partial charge < -0.3 is 0 Å². The number of aromatic nitrogens is 3. The van der Waals surface area contributed by atoms with E-state index >= 15 is 0 Å². The molecule has 3 nitrogen and oxygen atoms in total. The Kier molecular flexibility index (Phi) is 5.17. The highest BCUT2D eigenvalue weighted by Crippen LogP contribution is 2.44. The Morgan fingerprint density at radius 3 is 2.11 bits per heavy atom. The van der Waals surface area contributed by atoms with Gasteiger partial charge in [-0.1, -0.05) is 95.5 Å². The Morgan fingerprint density at radius 1 is 0.815 bits per heavy atom. The normalized spacial score (nSPS) is 12.1. The minimum Gasteiger partial charge on any atom is -0.241 e. The molecular weight excluding hydrogens is 401 g/mol. The van der Waals surface area contributed by atoms with Gasteiger partial charge in [0.25, 0.3) is 0 Å². The zero-order chi connectivity index (χ0) is 18.8. The summed E-state index contributed by atoms with van der Waals surface area (Å²) in [6.07, 6.45) is 3.18. The molecule has 27 heavy (non-hydrogen) atoms. The molecule has 0 amide bonds. The molecule has 0 N–H and O–H groups in total. The summed E-state index contributed by atoms with van der Waals surface area (Å²) in [7, 11) is 0. The van der Waals surface area contributed by atoms with Crippen molar-refractivity contribution in [2.24, 2.45) is 0 Å². The molecule has 0 fully saturated rings. The average molecular weight is 415 g/mol. The standard InChI is InChI=1S/C21H14Cl3N3/c22-17-11-16(14-7-3-1-4-8-14)18(20(24)19(17)23)21(27-13-25-12-26-27)15-9-5-2-6-10-15/h1-13,21H. The van der Waals surface area contributed by atoms with Crippen LogP contribution in [0.5, 0.6) is 0 Å². The molecule has 0 saturated carbocycles. The van der Waals surface area contributed by atoms with Gasteiger partial charge in [-0.15, -0.1) is 0 Å². The van der Waals surface area contributed by atoms with Gasteiger partial charge in [0.15, 0.2) is 0 Å². The Bertz CT molecular complexity index is 1050. The Balaban J connectivity index is 2.04. The molecule has 3 aromatic carbocycles. The summed E-state index contributed by atoms with van der Waals surface area (Å²) >= 11 is 19.5. The molecule has 0 saturated heterocycles. The lowest BCUT2D eigenvalue weighted by Gasteiger charge is -2.24. The molecular formula is C21H14Cl3N3. The second-order valence-electron chi connectivity index (χ2n) is 6.00. The summed E-state index contributed by atoms with van der Waals surface area (Å²) in [5.41, 5.74) is 3.74. The fourth-order valence-electron chi connectivity index (χ4n) is 3.17. The molecule has 1 heterocycles. The van der Waals surface area contributed by atoms with Crippen LogP contribution < -0.4 is 0 Å². The third kappa shape index (κ3) is 3.46. The number of halogens is 3. The van der Waals surface area contributed by atoms with Crippen molar-refractivity contribution in [3.05, 3.63) is 106 Å². The molecule has 1 aromatic heterocycles. The van der Waals surface area contributed by atoms with Gasteiger partial charge in [-0.2, -0.15) is 5.10 Å². The molecule has 0 aliphatic rings. The second kappa shape index (κ2) is 7.73. The first-order valence-electron chi connectivity index (χ1n) is 8.28. The minimum atomic E-state index is -0.300. The molecule has 1 atom stereocenters. The van der Waals surface area contributed by atoms with Gasteiger partial charge in [0, 0.05) is 5.56 Å². The van der Waals surface area contributed by atoms with Crippen LogP contribution >= 0.6 is 34.8 Å². The largest absolute Gasteiger partial charge is 0.241 e. The van der Waals surface area contributed by atoms with Crippen molar-refractivity contribution < 1.29 is 0 Å². The fourth-order valence-corrected chi connectivity index (χ4v) is 3.89. The van der Waals surface area contributed by atoms with E-state index in [0.29, 0.717) is 15.1 Å². The molecule has 0 aliphatic heterocycles. The van der Waals surface area contributed by atoms with E-state index in [-0.39, 0.29) is 6.04 Å².